The van der Waals surface area contributed by atoms with E-state index in [0.29, 0.717) is 13.0 Å². The minimum absolute atomic E-state index is 0. The van der Waals surface area contributed by atoms with E-state index in [4.69, 9.17) is 5.11 Å². The summed E-state index contributed by atoms with van der Waals surface area (Å²) in [5.74, 6) is 0. The number of aliphatic hydroxyl groups is 1. The monoisotopic (exact) mass is 358 g/mol. The van der Waals surface area contributed by atoms with Crippen molar-refractivity contribution in [3.05, 3.63) is 0 Å². The van der Waals surface area contributed by atoms with Gasteiger partial charge < -0.3 is 9.66 Å². The van der Waals surface area contributed by atoms with Crippen LogP contribution >= 0.6 is 0 Å². The van der Waals surface area contributed by atoms with Crippen molar-refractivity contribution in [2.24, 2.45) is 0 Å². The molecule has 1 unspecified atom stereocenters. The fourth-order valence-corrected chi connectivity index (χ4v) is 3.09. The Kier molecular flexibility index (Phi) is 20.1. The summed E-state index contributed by atoms with van der Waals surface area (Å²) in [6.07, 6.45) is 15.9. The predicted octanol–water partition coefficient (Wildman–Crippen LogP) is 1.38. The van der Waals surface area contributed by atoms with Crippen molar-refractivity contribution >= 4 is 10.1 Å². The topological polar surface area (TPSA) is 77.4 Å². The first-order valence-electron chi connectivity index (χ1n) is 9.04. The maximum Gasteiger partial charge on any atom is 1.00 e. The summed E-state index contributed by atoms with van der Waals surface area (Å²) in [5, 5.41) is 7.93. The largest absolute Gasteiger partial charge is 1.00 e. The molecule has 0 aromatic rings. The van der Waals surface area contributed by atoms with Crippen LogP contribution in [0.3, 0.4) is 0 Å². The van der Waals surface area contributed by atoms with Crippen LogP contribution in [0.25, 0.3) is 0 Å². The van der Waals surface area contributed by atoms with Gasteiger partial charge in [0.1, 0.15) is 0 Å². The molecule has 0 bridgehead atoms. The number of hydrogen-bond donors (Lipinski definition) is 1. The van der Waals surface area contributed by atoms with Crippen LogP contribution in [0.1, 0.15) is 96.8 Å². The van der Waals surface area contributed by atoms with E-state index in [9.17, 15) is 13.0 Å². The van der Waals surface area contributed by atoms with E-state index >= 15 is 0 Å². The Balaban J connectivity index is 0. The van der Waals surface area contributed by atoms with Crippen LogP contribution in [0.5, 0.6) is 0 Å². The average Bonchev–Trinajstić information content (AvgIpc) is 2.46. The SMILES string of the molecule is CC(CCCCCCCCCCCCCCCO)S(=O)(=O)[O-].[Na+]. The molecule has 0 spiro atoms. The van der Waals surface area contributed by atoms with E-state index in [-0.39, 0.29) is 29.6 Å². The van der Waals surface area contributed by atoms with Crippen molar-refractivity contribution < 1.29 is 47.6 Å². The molecule has 4 nitrogen and oxygen atoms in total. The Labute approximate surface area is 165 Å². The third-order valence-corrected chi connectivity index (χ3v) is 5.48. The smallest absolute Gasteiger partial charge is 0.748 e. The third kappa shape index (κ3) is 19.0. The Morgan fingerprint density at radius 1 is 0.739 bits per heavy atom. The van der Waals surface area contributed by atoms with Crippen molar-refractivity contribution in [1.29, 1.82) is 0 Å². The second-order valence-electron chi connectivity index (χ2n) is 6.41. The molecule has 0 aliphatic rings. The fourth-order valence-electron chi connectivity index (χ4n) is 2.63. The summed E-state index contributed by atoms with van der Waals surface area (Å²) < 4.78 is 32.2. The van der Waals surface area contributed by atoms with Gasteiger partial charge in [-0.05, 0) is 19.8 Å². The first-order valence-corrected chi connectivity index (χ1v) is 10.5. The molecule has 0 aromatic heterocycles. The van der Waals surface area contributed by atoms with Crippen molar-refractivity contribution in [3.8, 4) is 0 Å². The van der Waals surface area contributed by atoms with Crippen LogP contribution < -0.4 is 29.6 Å². The van der Waals surface area contributed by atoms with E-state index in [1.165, 1.54) is 58.3 Å². The van der Waals surface area contributed by atoms with Gasteiger partial charge in [-0.25, -0.2) is 8.42 Å². The molecule has 0 saturated carbocycles. The zero-order chi connectivity index (χ0) is 16.7. The normalized spacial score (nSPS) is 12.8. The van der Waals surface area contributed by atoms with Crippen molar-refractivity contribution in [3.63, 3.8) is 0 Å². The number of aliphatic hydroxyl groups excluding tert-OH is 1. The molecule has 0 radical (unpaired) electrons. The van der Waals surface area contributed by atoms with Gasteiger partial charge in [0, 0.05) is 11.9 Å². The summed E-state index contributed by atoms with van der Waals surface area (Å²) in [7, 11) is -4.08. The predicted molar refractivity (Wildman–Crippen MR) is 90.9 cm³/mol. The summed E-state index contributed by atoms with van der Waals surface area (Å²) in [4.78, 5) is 0. The van der Waals surface area contributed by atoms with Gasteiger partial charge in [0.15, 0.2) is 0 Å². The third-order valence-electron chi connectivity index (χ3n) is 4.26. The van der Waals surface area contributed by atoms with Crippen molar-refractivity contribution in [1.82, 2.24) is 0 Å². The summed E-state index contributed by atoms with van der Waals surface area (Å²) in [5.41, 5.74) is 0. The Bertz CT molecular complexity index is 333. The molecule has 1 atom stereocenters. The summed E-state index contributed by atoms with van der Waals surface area (Å²) >= 11 is 0. The van der Waals surface area contributed by atoms with Crippen LogP contribution in [0.4, 0.5) is 0 Å². The molecule has 0 rings (SSSR count). The van der Waals surface area contributed by atoms with Gasteiger partial charge >= 0.3 is 29.6 Å². The summed E-state index contributed by atoms with van der Waals surface area (Å²) in [6.45, 7) is 1.83. The quantitative estimate of drug-likeness (QED) is 0.257. The summed E-state index contributed by atoms with van der Waals surface area (Å²) in [6, 6.07) is 0. The number of hydrogen-bond acceptors (Lipinski definition) is 4. The molecule has 0 amide bonds. The molecule has 0 aliphatic heterocycles. The second-order valence-corrected chi connectivity index (χ2v) is 8.20. The minimum Gasteiger partial charge on any atom is -0.748 e. The zero-order valence-electron chi connectivity index (χ0n) is 15.3. The van der Waals surface area contributed by atoms with Crippen LogP contribution in [0, 0.1) is 0 Å². The molecule has 0 saturated heterocycles. The molecule has 23 heavy (non-hydrogen) atoms. The van der Waals surface area contributed by atoms with Crippen LogP contribution in [0.15, 0.2) is 0 Å². The minimum atomic E-state index is -4.08. The second kappa shape index (κ2) is 17.7. The van der Waals surface area contributed by atoms with Gasteiger partial charge in [0.05, 0.1) is 10.1 Å². The van der Waals surface area contributed by atoms with Gasteiger partial charge in [-0.15, -0.1) is 0 Å². The Morgan fingerprint density at radius 3 is 1.35 bits per heavy atom. The molecule has 134 valence electrons. The van der Waals surface area contributed by atoms with Gasteiger partial charge in [-0.2, -0.15) is 0 Å². The van der Waals surface area contributed by atoms with E-state index < -0.39 is 15.4 Å². The molecular formula is C17H35NaO4S. The number of rotatable bonds is 16. The van der Waals surface area contributed by atoms with Gasteiger partial charge in [0.2, 0.25) is 0 Å². The van der Waals surface area contributed by atoms with Crippen molar-refractivity contribution in [2.45, 2.75) is 102 Å². The standard InChI is InChI=1S/C17H36O4S.Na/c1-17(22(19,20)21)15-13-11-9-7-5-3-2-4-6-8-10-12-14-16-18;/h17-18H,2-16H2,1H3,(H,19,20,21);/q;+1/p-1. The molecule has 0 aliphatic carbocycles. The first-order chi connectivity index (χ1) is 10.5. The van der Waals surface area contributed by atoms with E-state index in [0.717, 1.165) is 32.1 Å². The van der Waals surface area contributed by atoms with Crippen LogP contribution in [-0.4, -0.2) is 29.9 Å². The molecule has 0 fully saturated rings. The molecule has 0 heterocycles. The van der Waals surface area contributed by atoms with Gasteiger partial charge in [0.25, 0.3) is 0 Å². The zero-order valence-corrected chi connectivity index (χ0v) is 18.1. The molecule has 6 heteroatoms. The van der Waals surface area contributed by atoms with Gasteiger partial charge in [-0.1, -0.05) is 77.0 Å². The maximum absolute atomic E-state index is 10.7. The fraction of sp³-hybridized carbons (Fsp3) is 1.00. The first kappa shape index (κ1) is 26.1. The molecule has 1 N–H and O–H groups in total. The molecular weight excluding hydrogens is 323 g/mol. The van der Waals surface area contributed by atoms with E-state index in [1.54, 1.807) is 0 Å². The maximum atomic E-state index is 10.7. The molecule has 0 aromatic carbocycles. The van der Waals surface area contributed by atoms with Crippen LogP contribution in [0.2, 0.25) is 0 Å². The van der Waals surface area contributed by atoms with Crippen LogP contribution in [-0.2, 0) is 10.1 Å². The Hall–Kier alpha value is 0.870. The van der Waals surface area contributed by atoms with E-state index in [1.807, 2.05) is 0 Å². The van der Waals surface area contributed by atoms with Crippen molar-refractivity contribution in [2.75, 3.05) is 6.61 Å². The average molecular weight is 359 g/mol. The van der Waals surface area contributed by atoms with Gasteiger partial charge in [-0.3, -0.25) is 0 Å². The number of unbranched alkanes of at least 4 members (excludes halogenated alkanes) is 12. The Morgan fingerprint density at radius 2 is 1.04 bits per heavy atom. The van der Waals surface area contributed by atoms with E-state index in [2.05, 4.69) is 0 Å².